The Morgan fingerprint density at radius 2 is 1.25 bits per heavy atom. The molecule has 0 atom stereocenters. The second-order valence-corrected chi connectivity index (χ2v) is 0. The minimum atomic E-state index is 1.61. The van der Waals surface area contributed by atoms with E-state index in [9.17, 15) is 0 Å². The maximum absolute atomic E-state index is 4.61. The molecule has 0 radical (unpaired) electrons. The molecule has 0 aliphatic heterocycles. The zero-order chi connectivity index (χ0) is 4.00. The molecule has 0 bridgehead atoms. The van der Waals surface area contributed by atoms with Gasteiger partial charge in [-0.25, -0.2) is 0 Å². The molecule has 0 aromatic heterocycles. The molecule has 0 heterocycles. The van der Waals surface area contributed by atoms with E-state index >= 15 is 0 Å². The third-order valence-electron chi connectivity index (χ3n) is 0. The summed E-state index contributed by atoms with van der Waals surface area (Å²) in [5, 5.41) is 0. The van der Waals surface area contributed by atoms with Gasteiger partial charge in [0.05, 0.1) is 0 Å². The van der Waals surface area contributed by atoms with Gasteiger partial charge in [0.2, 0.25) is 0 Å². The molecule has 0 aromatic carbocycles. The first-order chi connectivity index (χ1) is 2.00. The average Bonchev–Trinajstić information content (AvgIpc) is 1.50. The summed E-state index contributed by atoms with van der Waals surface area (Å²) in [7, 11) is 9.14. The second kappa shape index (κ2) is 20.7. The molecule has 0 saturated heterocycles. The van der Waals surface area contributed by atoms with Crippen LogP contribution in [0.15, 0.2) is 0 Å². The molecule has 0 nitrogen and oxygen atoms in total. The van der Waals surface area contributed by atoms with E-state index in [-0.39, 0.29) is 0 Å². The van der Waals surface area contributed by atoms with Crippen LogP contribution in [-0.4, -0.2) is 0 Å². The fraction of sp³-hybridized carbons (Fsp3) is 0. The molecule has 4 heavy (non-hydrogen) atoms. The van der Waals surface area contributed by atoms with Crippen molar-refractivity contribution in [2.75, 3.05) is 0 Å². The average molecular weight is 369 g/mol. The van der Waals surface area contributed by atoms with Crippen LogP contribution < -0.4 is 0 Å². The van der Waals surface area contributed by atoms with Gasteiger partial charge < -0.3 is 0 Å². The predicted octanol–water partition coefficient (Wildman–Crippen LogP) is 1.37. The van der Waals surface area contributed by atoms with Crippen molar-refractivity contribution in [3.05, 3.63) is 0 Å². The molecule has 0 spiro atoms. The monoisotopic (exact) mass is 368 g/mol. The van der Waals surface area contributed by atoms with Gasteiger partial charge in [0.25, 0.3) is 0 Å². The van der Waals surface area contributed by atoms with Gasteiger partial charge in [-0.3, -0.25) is 0 Å². The van der Waals surface area contributed by atoms with Crippen molar-refractivity contribution in [1.82, 2.24) is 0 Å². The van der Waals surface area contributed by atoms with E-state index in [1.807, 2.05) is 17.3 Å². The fourth-order valence-electron chi connectivity index (χ4n) is 0. The van der Waals surface area contributed by atoms with Crippen LogP contribution in [0.25, 0.3) is 0 Å². The van der Waals surface area contributed by atoms with Crippen molar-refractivity contribution in [2.45, 2.75) is 0 Å². The van der Waals surface area contributed by atoms with E-state index in [2.05, 4.69) is 19.1 Å². The molecule has 0 rings (SSSR count). The predicted molar refractivity (Wildman–Crippen MR) is 11.7 cm³/mol. The Bertz CT molecular complexity index is 6.00. The number of hydrogen-bond acceptors (Lipinski definition) is 0. The summed E-state index contributed by atoms with van der Waals surface area (Å²) in [6.07, 6.45) is 0. The van der Waals surface area contributed by atoms with Crippen LogP contribution in [0.4, 0.5) is 0 Å². The van der Waals surface area contributed by atoms with Crippen molar-refractivity contribution >= 4 is 19.1 Å². The normalized spacial score (nSPS) is 3.50. The van der Waals surface area contributed by atoms with Crippen LogP contribution in [0.5, 0.6) is 0 Å². The second-order valence-electron chi connectivity index (χ2n) is 0. The zero-order valence-corrected chi connectivity index (χ0v) is 6.83. The number of rotatable bonds is 0. The van der Waals surface area contributed by atoms with Crippen LogP contribution >= 0.6 is 19.1 Å². The van der Waals surface area contributed by atoms with Gasteiger partial charge >= 0.3 is 55.2 Å². The van der Waals surface area contributed by atoms with Crippen molar-refractivity contribution in [3.63, 3.8) is 0 Å². The summed E-state index contributed by atoms with van der Waals surface area (Å²) in [4.78, 5) is 0. The summed E-state index contributed by atoms with van der Waals surface area (Å²) in [6.45, 7) is 0. The molecule has 0 aromatic rings. The Balaban J connectivity index is 0. The molecule has 0 saturated carbocycles. The van der Waals surface area contributed by atoms with Crippen LogP contribution in [0.2, 0.25) is 0 Å². The summed E-state index contributed by atoms with van der Waals surface area (Å²) >= 11 is 3.63. The van der Waals surface area contributed by atoms with E-state index in [1.54, 1.807) is 18.8 Å². The molecule has 0 amide bonds. The van der Waals surface area contributed by atoms with E-state index < -0.39 is 0 Å². The van der Waals surface area contributed by atoms with Gasteiger partial charge in [0, 0.05) is 0 Å². The van der Waals surface area contributed by atoms with Crippen molar-refractivity contribution in [1.29, 1.82) is 0 Å². The summed E-state index contributed by atoms with van der Waals surface area (Å²) in [5.41, 5.74) is 0. The van der Waals surface area contributed by atoms with E-state index in [1.165, 1.54) is 0 Å². The van der Waals surface area contributed by atoms with Gasteiger partial charge in [-0.1, -0.05) is 0 Å². The van der Waals surface area contributed by atoms with Gasteiger partial charge in [-0.05, 0) is 0 Å². The Morgan fingerprint density at radius 3 is 1.25 bits per heavy atom. The van der Waals surface area contributed by atoms with Crippen molar-refractivity contribution < 1.29 is 36.1 Å². The van der Waals surface area contributed by atoms with Gasteiger partial charge in [-0.15, -0.1) is 0 Å². The van der Waals surface area contributed by atoms with E-state index in [4.69, 9.17) is 0 Å². The first-order valence-corrected chi connectivity index (χ1v) is 5.17. The quantitative estimate of drug-likeness (QED) is 0.567. The Labute approximate surface area is 54.8 Å². The molecule has 0 aliphatic rings. The Kier molecular flexibility index (Phi) is 48.2. The van der Waals surface area contributed by atoms with Gasteiger partial charge in [-0.2, -0.15) is 0 Å². The molecule has 0 N–H and O–H groups in total. The first kappa shape index (κ1) is 9.31. The summed E-state index contributed by atoms with van der Waals surface area (Å²) < 4.78 is 0. The van der Waals surface area contributed by atoms with Crippen LogP contribution in [-0.2, 0) is 36.1 Å². The molecule has 0 aliphatic carbocycles. The van der Waals surface area contributed by atoms with E-state index in [0.717, 1.165) is 0 Å². The Morgan fingerprint density at radius 1 is 1.25 bits per heavy atom. The van der Waals surface area contributed by atoms with Gasteiger partial charge in [0.15, 0.2) is 0 Å². The topological polar surface area (TPSA) is 0 Å². The number of halogens is 2. The van der Waals surface area contributed by atoms with Crippen LogP contribution in [0.1, 0.15) is 0 Å². The standard InChI is InChI=1S/2ClH.Pt.Rh/h2*1H;;/q;;2*+1/p-2. The SMILES string of the molecule is [Cl][Pt].[Cl][Rh]. The zero-order valence-electron chi connectivity index (χ0n) is 1.41. The first-order valence-electron chi connectivity index (χ1n) is 0.246. The molecule has 4 heteroatoms. The summed E-state index contributed by atoms with van der Waals surface area (Å²) in [5.74, 6) is 0. The van der Waals surface area contributed by atoms with Crippen LogP contribution in [0, 0.1) is 0 Å². The van der Waals surface area contributed by atoms with E-state index in [0.29, 0.717) is 0 Å². The molecule has 0 fully saturated rings. The van der Waals surface area contributed by atoms with Gasteiger partial charge in [0.1, 0.15) is 0 Å². The third-order valence-corrected chi connectivity index (χ3v) is 0. The molecule has 33 valence electrons. The minimum absolute atomic E-state index is 1.61. The Hall–Kier alpha value is 1.89. The molecular weight excluding hydrogens is 369 g/mol. The fourth-order valence-corrected chi connectivity index (χ4v) is 0. The van der Waals surface area contributed by atoms with Crippen LogP contribution in [0.3, 0.4) is 0 Å². The van der Waals surface area contributed by atoms with Crippen molar-refractivity contribution in [2.24, 2.45) is 0 Å². The number of hydrogen-bond donors (Lipinski definition) is 0. The third kappa shape index (κ3) is 9.09. The molecule has 0 unspecified atom stereocenters. The maximum atomic E-state index is 4.61. The summed E-state index contributed by atoms with van der Waals surface area (Å²) in [6, 6.07) is 0. The van der Waals surface area contributed by atoms with Crippen molar-refractivity contribution in [3.8, 4) is 0 Å². The molecular formula is Cl2PtRh.